The van der Waals surface area contributed by atoms with Gasteiger partial charge in [-0.15, -0.1) is 0 Å². The van der Waals surface area contributed by atoms with Crippen molar-refractivity contribution in [2.75, 3.05) is 7.11 Å². The highest BCUT2D eigenvalue weighted by Gasteiger charge is 2.51. The maximum absolute atomic E-state index is 11.0. The second-order valence-corrected chi connectivity index (χ2v) is 6.08. The third-order valence-electron chi connectivity index (χ3n) is 5.23. The Hall–Kier alpha value is -1.78. The highest BCUT2D eigenvalue weighted by molar-refractivity contribution is 5.53. The molecule has 0 aromatic heterocycles. The van der Waals surface area contributed by atoms with Gasteiger partial charge in [0.25, 0.3) is 0 Å². The molecule has 0 radical (unpaired) electrons. The fourth-order valence-corrected chi connectivity index (χ4v) is 4.02. The molecule has 0 unspecified atom stereocenters. The van der Waals surface area contributed by atoms with Crippen molar-refractivity contribution in [1.29, 1.82) is 0 Å². The second kappa shape index (κ2) is 5.45. The molecule has 4 nitrogen and oxygen atoms in total. The van der Waals surface area contributed by atoms with Gasteiger partial charge in [0.15, 0.2) is 11.5 Å². The monoisotopic (exact) mass is 302 g/mol. The summed E-state index contributed by atoms with van der Waals surface area (Å²) in [5.41, 5.74) is 1.55. The van der Waals surface area contributed by atoms with E-state index in [2.05, 4.69) is 12.7 Å². The molecule has 0 fully saturated rings. The third kappa shape index (κ3) is 1.91. The minimum atomic E-state index is -0.868. The maximum atomic E-state index is 11.0. The Morgan fingerprint density at radius 1 is 1.36 bits per heavy atom. The lowest BCUT2D eigenvalue weighted by Crippen LogP contribution is -2.46. The van der Waals surface area contributed by atoms with Crippen LogP contribution in [0.3, 0.4) is 0 Å². The molecule has 4 heteroatoms. The standard InChI is InChI=1S/C18H22O4/c1-3-11-5-4-6-15(19)18(11)10-9-12-13(17(18)21)7-8-14(22-2)16(12)20/h3,5,7-8,15,17,19-21H,1,4,6,9-10H2,2H3/t15-,17+,18+/m1/s1. The fraction of sp³-hybridized carbons (Fsp3) is 0.444. The van der Waals surface area contributed by atoms with Crippen LogP contribution in [-0.4, -0.2) is 28.5 Å². The van der Waals surface area contributed by atoms with Crippen LogP contribution in [-0.2, 0) is 6.42 Å². The molecule has 0 aliphatic heterocycles. The van der Waals surface area contributed by atoms with Gasteiger partial charge in [0, 0.05) is 5.56 Å². The summed E-state index contributed by atoms with van der Waals surface area (Å²) in [7, 11) is 1.51. The molecule has 0 saturated carbocycles. The third-order valence-corrected chi connectivity index (χ3v) is 5.23. The van der Waals surface area contributed by atoms with Gasteiger partial charge in [0.2, 0.25) is 0 Å². The zero-order chi connectivity index (χ0) is 15.9. The SMILES string of the molecule is C=CC1=CCC[C@@H](O)[C@]12CCc1c(ccc(OC)c1O)[C@@H]2O. The van der Waals surface area contributed by atoms with E-state index in [1.54, 1.807) is 18.2 Å². The quantitative estimate of drug-likeness (QED) is 0.785. The van der Waals surface area contributed by atoms with E-state index in [4.69, 9.17) is 4.74 Å². The molecule has 1 spiro atoms. The maximum Gasteiger partial charge on any atom is 0.161 e. The van der Waals surface area contributed by atoms with Crippen LogP contribution in [0.25, 0.3) is 0 Å². The number of fused-ring (bicyclic) bond motifs is 1. The first-order valence-corrected chi connectivity index (χ1v) is 7.64. The van der Waals surface area contributed by atoms with Crippen LogP contribution in [0, 0.1) is 5.41 Å². The number of allylic oxidation sites excluding steroid dienone is 2. The lowest BCUT2D eigenvalue weighted by molar-refractivity contribution is -0.0652. The Morgan fingerprint density at radius 2 is 2.14 bits per heavy atom. The summed E-state index contributed by atoms with van der Waals surface area (Å²) in [6.07, 6.45) is 4.88. The second-order valence-electron chi connectivity index (χ2n) is 6.08. The lowest BCUT2D eigenvalue weighted by atomic mass is 9.59. The predicted octanol–water partition coefficient (Wildman–Crippen LogP) is 2.63. The Labute approximate surface area is 130 Å². The molecule has 0 saturated heterocycles. The summed E-state index contributed by atoms with van der Waals surface area (Å²) >= 11 is 0. The van der Waals surface area contributed by atoms with Gasteiger partial charge in [-0.3, -0.25) is 0 Å². The van der Waals surface area contributed by atoms with Crippen molar-refractivity contribution in [3.63, 3.8) is 0 Å². The van der Waals surface area contributed by atoms with Crippen molar-refractivity contribution in [2.24, 2.45) is 5.41 Å². The topological polar surface area (TPSA) is 69.9 Å². The number of hydrogen-bond donors (Lipinski definition) is 3. The van der Waals surface area contributed by atoms with E-state index in [0.717, 1.165) is 12.0 Å². The normalized spacial score (nSPS) is 30.6. The summed E-state index contributed by atoms with van der Waals surface area (Å²) < 4.78 is 5.14. The number of phenolic OH excluding ortho intramolecular Hbond substituents is 1. The minimum absolute atomic E-state index is 0.0864. The smallest absolute Gasteiger partial charge is 0.161 e. The number of aliphatic hydroxyl groups excluding tert-OH is 2. The first-order valence-electron chi connectivity index (χ1n) is 7.64. The van der Waals surface area contributed by atoms with Gasteiger partial charge in [-0.25, -0.2) is 0 Å². The zero-order valence-electron chi connectivity index (χ0n) is 12.7. The van der Waals surface area contributed by atoms with Gasteiger partial charge in [0.05, 0.1) is 24.7 Å². The minimum Gasteiger partial charge on any atom is -0.504 e. The van der Waals surface area contributed by atoms with E-state index in [1.165, 1.54) is 7.11 Å². The molecule has 0 heterocycles. The molecule has 1 aromatic carbocycles. The first-order chi connectivity index (χ1) is 10.6. The van der Waals surface area contributed by atoms with Gasteiger partial charge in [0.1, 0.15) is 0 Å². The molecule has 2 aliphatic carbocycles. The summed E-state index contributed by atoms with van der Waals surface area (Å²) in [6, 6.07) is 3.43. The Balaban J connectivity index is 2.13. The molecular weight excluding hydrogens is 280 g/mol. The molecule has 118 valence electrons. The van der Waals surface area contributed by atoms with Gasteiger partial charge in [-0.05, 0) is 42.9 Å². The molecular formula is C18H22O4. The number of phenols is 1. The predicted molar refractivity (Wildman–Crippen MR) is 83.9 cm³/mol. The Kier molecular flexibility index (Phi) is 3.75. The van der Waals surface area contributed by atoms with E-state index < -0.39 is 17.6 Å². The molecule has 3 N–H and O–H groups in total. The number of benzene rings is 1. The first kappa shape index (κ1) is 15.1. The molecule has 3 rings (SSSR count). The zero-order valence-corrected chi connectivity index (χ0v) is 12.7. The fourth-order valence-electron chi connectivity index (χ4n) is 4.02. The van der Waals surface area contributed by atoms with E-state index in [0.29, 0.717) is 36.1 Å². The van der Waals surface area contributed by atoms with Crippen LogP contribution in [0.2, 0.25) is 0 Å². The van der Waals surface area contributed by atoms with Crippen molar-refractivity contribution in [1.82, 2.24) is 0 Å². The van der Waals surface area contributed by atoms with E-state index in [9.17, 15) is 15.3 Å². The molecule has 3 atom stereocenters. The summed E-state index contributed by atoms with van der Waals surface area (Å²) in [5.74, 6) is 0.494. The van der Waals surface area contributed by atoms with Crippen LogP contribution in [0.5, 0.6) is 11.5 Å². The number of aliphatic hydroxyl groups is 2. The van der Waals surface area contributed by atoms with Crippen molar-refractivity contribution in [3.05, 3.63) is 47.6 Å². The van der Waals surface area contributed by atoms with Gasteiger partial charge < -0.3 is 20.1 Å². The average molecular weight is 302 g/mol. The molecule has 1 aromatic rings. The van der Waals surface area contributed by atoms with Gasteiger partial charge >= 0.3 is 0 Å². The van der Waals surface area contributed by atoms with Crippen molar-refractivity contribution >= 4 is 0 Å². The summed E-state index contributed by atoms with van der Waals surface area (Å²) in [4.78, 5) is 0. The van der Waals surface area contributed by atoms with Gasteiger partial charge in [-0.2, -0.15) is 0 Å². The van der Waals surface area contributed by atoms with E-state index in [-0.39, 0.29) is 5.75 Å². The number of ether oxygens (including phenoxy) is 1. The van der Waals surface area contributed by atoms with Crippen molar-refractivity contribution in [2.45, 2.75) is 37.9 Å². The van der Waals surface area contributed by atoms with Crippen LogP contribution in [0.15, 0.2) is 36.4 Å². The molecule has 0 amide bonds. The summed E-state index contributed by atoms with van der Waals surface area (Å²) in [6.45, 7) is 3.84. The van der Waals surface area contributed by atoms with E-state index >= 15 is 0 Å². The molecule has 0 bridgehead atoms. The van der Waals surface area contributed by atoms with Crippen LogP contribution >= 0.6 is 0 Å². The summed E-state index contributed by atoms with van der Waals surface area (Å²) in [5, 5.41) is 31.9. The highest BCUT2D eigenvalue weighted by Crippen LogP contribution is 2.56. The lowest BCUT2D eigenvalue weighted by Gasteiger charge is -2.48. The number of aromatic hydroxyl groups is 1. The van der Waals surface area contributed by atoms with Crippen LogP contribution in [0.1, 0.15) is 36.5 Å². The van der Waals surface area contributed by atoms with Crippen LogP contribution < -0.4 is 4.74 Å². The van der Waals surface area contributed by atoms with Crippen molar-refractivity contribution < 1.29 is 20.1 Å². The highest BCUT2D eigenvalue weighted by atomic mass is 16.5. The number of hydrogen-bond acceptors (Lipinski definition) is 4. The largest absolute Gasteiger partial charge is 0.504 e. The molecule has 2 aliphatic rings. The van der Waals surface area contributed by atoms with Gasteiger partial charge in [-0.1, -0.05) is 24.8 Å². The number of rotatable bonds is 2. The van der Waals surface area contributed by atoms with Crippen molar-refractivity contribution in [3.8, 4) is 11.5 Å². The average Bonchev–Trinajstić information content (AvgIpc) is 2.53. The Bertz CT molecular complexity index is 634. The number of methoxy groups -OCH3 is 1. The molecule has 22 heavy (non-hydrogen) atoms. The van der Waals surface area contributed by atoms with E-state index in [1.807, 2.05) is 0 Å². The Morgan fingerprint density at radius 3 is 2.82 bits per heavy atom. The van der Waals surface area contributed by atoms with Crippen LogP contribution in [0.4, 0.5) is 0 Å².